The van der Waals surface area contributed by atoms with Gasteiger partial charge in [0.2, 0.25) is 18.6 Å². The van der Waals surface area contributed by atoms with Crippen LogP contribution in [0.2, 0.25) is 0 Å². The summed E-state index contributed by atoms with van der Waals surface area (Å²) in [5.41, 5.74) is 3.60. The van der Waals surface area contributed by atoms with Crippen molar-refractivity contribution in [2.75, 3.05) is 44.3 Å². The van der Waals surface area contributed by atoms with E-state index < -0.39 is 0 Å². The number of hydrogen-bond acceptors (Lipinski definition) is 7. The van der Waals surface area contributed by atoms with E-state index in [0.29, 0.717) is 36.9 Å². The first-order valence-electron chi connectivity index (χ1n) is 11.8. The zero-order valence-corrected chi connectivity index (χ0v) is 21.0. The molecule has 0 aliphatic carbocycles. The smallest absolute Gasteiger partial charge is 0.240 e. The van der Waals surface area contributed by atoms with Gasteiger partial charge in [-0.25, -0.2) is 0 Å². The van der Waals surface area contributed by atoms with E-state index in [9.17, 15) is 9.59 Å². The SMILES string of the molecule is COCCCNC(=O)CN1C(=O)CSC(c2ccc3c(c2)OCO3)c2c(-c3ccccc3)nn(C)c21. The zero-order chi connectivity index (χ0) is 25.1. The molecule has 3 aromatic rings. The van der Waals surface area contributed by atoms with Crippen LogP contribution in [0.4, 0.5) is 5.82 Å². The number of methoxy groups -OCH3 is 1. The fourth-order valence-electron chi connectivity index (χ4n) is 4.48. The van der Waals surface area contributed by atoms with Crippen LogP contribution in [0.25, 0.3) is 11.3 Å². The summed E-state index contributed by atoms with van der Waals surface area (Å²) in [5, 5.41) is 7.52. The van der Waals surface area contributed by atoms with Crippen molar-refractivity contribution in [2.45, 2.75) is 11.7 Å². The molecule has 2 amide bonds. The summed E-state index contributed by atoms with van der Waals surface area (Å²) in [4.78, 5) is 27.7. The number of hydrogen-bond donors (Lipinski definition) is 1. The second-order valence-electron chi connectivity index (χ2n) is 8.56. The van der Waals surface area contributed by atoms with E-state index in [4.69, 9.17) is 19.3 Å². The summed E-state index contributed by atoms with van der Waals surface area (Å²) >= 11 is 1.52. The predicted octanol–water partition coefficient (Wildman–Crippen LogP) is 3.14. The number of nitrogens with one attached hydrogen (secondary N) is 1. The average Bonchev–Trinajstić information content (AvgIpc) is 3.46. The molecule has 2 aliphatic heterocycles. The van der Waals surface area contributed by atoms with E-state index in [1.165, 1.54) is 11.8 Å². The molecule has 1 unspecified atom stereocenters. The van der Waals surface area contributed by atoms with Crippen LogP contribution in [0, 0.1) is 0 Å². The molecular formula is C26H28N4O5S. The van der Waals surface area contributed by atoms with E-state index in [2.05, 4.69) is 5.32 Å². The van der Waals surface area contributed by atoms with Crippen molar-refractivity contribution in [2.24, 2.45) is 7.05 Å². The second-order valence-corrected chi connectivity index (χ2v) is 9.65. The molecule has 1 atom stereocenters. The maximum Gasteiger partial charge on any atom is 0.240 e. The standard InChI is InChI=1S/C26H28N4O5S/c1-29-26-23(24(28-29)17-7-4-3-5-8-17)25(18-9-10-19-20(13-18)35-16-34-19)36-15-22(32)30(26)14-21(31)27-11-6-12-33-2/h3-5,7-10,13,25H,6,11-12,14-16H2,1-2H3,(H,27,31). The molecule has 5 rings (SSSR count). The minimum atomic E-state index is -0.223. The summed E-state index contributed by atoms with van der Waals surface area (Å²) in [6, 6.07) is 15.8. The van der Waals surface area contributed by atoms with Crippen molar-refractivity contribution in [3.63, 3.8) is 0 Å². The Hall–Kier alpha value is -3.50. The lowest BCUT2D eigenvalue weighted by molar-refractivity contribution is -0.123. The largest absolute Gasteiger partial charge is 0.454 e. The Balaban J connectivity index is 1.56. The monoisotopic (exact) mass is 508 g/mol. The Morgan fingerprint density at radius 3 is 2.81 bits per heavy atom. The summed E-state index contributed by atoms with van der Waals surface area (Å²) in [7, 11) is 3.44. The van der Waals surface area contributed by atoms with Gasteiger partial charge in [-0.15, -0.1) is 11.8 Å². The number of thioether (sulfide) groups is 1. The number of ether oxygens (including phenoxy) is 3. The van der Waals surface area contributed by atoms with Gasteiger partial charge in [0, 0.05) is 38.4 Å². The van der Waals surface area contributed by atoms with Crippen LogP contribution in [0.15, 0.2) is 48.5 Å². The Kier molecular flexibility index (Phi) is 7.15. The van der Waals surface area contributed by atoms with Gasteiger partial charge >= 0.3 is 0 Å². The lowest BCUT2D eigenvalue weighted by atomic mass is 9.99. The van der Waals surface area contributed by atoms with Gasteiger partial charge in [0.05, 0.1) is 16.7 Å². The minimum Gasteiger partial charge on any atom is -0.454 e. The topological polar surface area (TPSA) is 94.9 Å². The van der Waals surface area contributed by atoms with Crippen molar-refractivity contribution in [3.8, 4) is 22.8 Å². The highest BCUT2D eigenvalue weighted by atomic mass is 32.2. The number of anilines is 1. The molecule has 188 valence electrons. The van der Waals surface area contributed by atoms with Crippen LogP contribution in [0.5, 0.6) is 11.5 Å². The predicted molar refractivity (Wildman–Crippen MR) is 137 cm³/mol. The summed E-state index contributed by atoms with van der Waals surface area (Å²) in [6.45, 7) is 1.15. The molecule has 10 heteroatoms. The molecule has 0 saturated carbocycles. The third-order valence-corrected chi connectivity index (χ3v) is 7.40. The maximum atomic E-state index is 13.4. The van der Waals surface area contributed by atoms with Crippen molar-refractivity contribution in [3.05, 3.63) is 59.7 Å². The first-order chi connectivity index (χ1) is 17.6. The van der Waals surface area contributed by atoms with Crippen LogP contribution in [0.3, 0.4) is 0 Å². The molecule has 0 spiro atoms. The molecule has 36 heavy (non-hydrogen) atoms. The summed E-state index contributed by atoms with van der Waals surface area (Å²) < 4.78 is 17.9. The molecule has 0 radical (unpaired) electrons. The highest BCUT2D eigenvalue weighted by Crippen LogP contribution is 2.49. The number of rotatable bonds is 8. The van der Waals surface area contributed by atoms with Gasteiger partial charge in [-0.3, -0.25) is 19.2 Å². The molecular weight excluding hydrogens is 480 g/mol. The fraction of sp³-hybridized carbons (Fsp3) is 0.346. The average molecular weight is 509 g/mol. The molecule has 9 nitrogen and oxygen atoms in total. The third-order valence-electron chi connectivity index (χ3n) is 6.14. The number of carbonyl (C=O) groups excluding carboxylic acids is 2. The molecule has 3 heterocycles. The Morgan fingerprint density at radius 2 is 2.00 bits per heavy atom. The third kappa shape index (κ3) is 4.78. The zero-order valence-electron chi connectivity index (χ0n) is 20.2. The normalized spacial score (nSPS) is 16.6. The summed E-state index contributed by atoms with van der Waals surface area (Å²) in [6.07, 6.45) is 0.702. The van der Waals surface area contributed by atoms with Crippen LogP contribution in [0.1, 0.15) is 22.8 Å². The number of nitrogens with zero attached hydrogens (tertiary/aromatic N) is 3. The molecule has 2 aliphatic rings. The van der Waals surface area contributed by atoms with Crippen molar-refractivity contribution in [1.82, 2.24) is 15.1 Å². The van der Waals surface area contributed by atoms with E-state index in [1.807, 2.05) is 55.6 Å². The highest BCUT2D eigenvalue weighted by molar-refractivity contribution is 8.00. The molecule has 1 N–H and O–H groups in total. The number of aromatic nitrogens is 2. The van der Waals surface area contributed by atoms with Gasteiger partial charge in [-0.1, -0.05) is 36.4 Å². The Bertz CT molecular complexity index is 1260. The molecule has 0 fully saturated rings. The lowest BCUT2D eigenvalue weighted by Crippen LogP contribution is -2.42. The summed E-state index contributed by atoms with van der Waals surface area (Å²) in [5.74, 6) is 1.87. The van der Waals surface area contributed by atoms with Crippen LogP contribution in [-0.4, -0.2) is 60.9 Å². The number of carbonyl (C=O) groups is 2. The quantitative estimate of drug-likeness (QED) is 0.467. The van der Waals surface area contributed by atoms with E-state index in [1.54, 1.807) is 16.7 Å². The van der Waals surface area contributed by atoms with Gasteiger partial charge in [0.15, 0.2) is 11.5 Å². The van der Waals surface area contributed by atoms with Crippen molar-refractivity contribution >= 4 is 29.4 Å². The van der Waals surface area contributed by atoms with Crippen LogP contribution < -0.4 is 19.7 Å². The Morgan fingerprint density at radius 1 is 1.19 bits per heavy atom. The second kappa shape index (κ2) is 10.6. The fourth-order valence-corrected chi connectivity index (χ4v) is 5.67. The van der Waals surface area contributed by atoms with E-state index in [0.717, 1.165) is 22.4 Å². The van der Waals surface area contributed by atoms with E-state index in [-0.39, 0.29) is 36.2 Å². The first-order valence-corrected chi connectivity index (χ1v) is 12.8. The van der Waals surface area contributed by atoms with Crippen molar-refractivity contribution in [1.29, 1.82) is 0 Å². The van der Waals surface area contributed by atoms with E-state index >= 15 is 0 Å². The van der Waals surface area contributed by atoms with Gasteiger partial charge < -0.3 is 19.5 Å². The first kappa shape index (κ1) is 24.2. The van der Waals surface area contributed by atoms with Crippen LogP contribution >= 0.6 is 11.8 Å². The maximum absolute atomic E-state index is 13.4. The van der Waals surface area contributed by atoms with Gasteiger partial charge in [-0.05, 0) is 24.1 Å². The lowest BCUT2D eigenvalue weighted by Gasteiger charge is -2.22. The number of benzene rings is 2. The highest BCUT2D eigenvalue weighted by Gasteiger charge is 2.37. The minimum absolute atomic E-state index is 0.0823. The molecule has 2 aromatic carbocycles. The number of fused-ring (bicyclic) bond motifs is 2. The van der Waals surface area contributed by atoms with Crippen LogP contribution in [-0.2, 0) is 21.4 Å². The van der Waals surface area contributed by atoms with Crippen molar-refractivity contribution < 1.29 is 23.8 Å². The number of amides is 2. The molecule has 0 bridgehead atoms. The number of aryl methyl sites for hydroxylation is 1. The van der Waals surface area contributed by atoms with Gasteiger partial charge in [0.1, 0.15) is 12.4 Å². The Labute approximate surface area is 213 Å². The molecule has 0 saturated heterocycles. The van der Waals surface area contributed by atoms with Gasteiger partial charge in [0.25, 0.3) is 0 Å². The van der Waals surface area contributed by atoms with Gasteiger partial charge in [-0.2, -0.15) is 5.10 Å². The molecule has 1 aromatic heterocycles.